The molecule has 0 atom stereocenters. The van der Waals surface area contributed by atoms with Crippen LogP contribution >= 0.6 is 0 Å². The molecule has 2 aromatic carbocycles. The van der Waals surface area contributed by atoms with Crippen LogP contribution in [-0.4, -0.2) is 26.6 Å². The van der Waals surface area contributed by atoms with Crippen LogP contribution in [0.15, 0.2) is 59.5 Å². The molecular formula is C18H17FN2O2S. The summed E-state index contributed by atoms with van der Waals surface area (Å²) in [6.07, 6.45) is 0. The number of hydrogen-bond acceptors (Lipinski definition) is 3. The molecule has 0 saturated carbocycles. The number of benzene rings is 2. The smallest absolute Gasteiger partial charge is 0.241 e. The van der Waals surface area contributed by atoms with Gasteiger partial charge in [0.15, 0.2) is 0 Å². The van der Waals surface area contributed by atoms with E-state index in [2.05, 4.69) is 9.71 Å². The number of fused-ring (bicyclic) bond motifs is 1. The maximum Gasteiger partial charge on any atom is 0.241 e. The van der Waals surface area contributed by atoms with E-state index < -0.39 is 16.7 Å². The van der Waals surface area contributed by atoms with Crippen molar-refractivity contribution in [3.63, 3.8) is 0 Å². The topological polar surface area (TPSA) is 59.1 Å². The maximum absolute atomic E-state index is 12.5. The zero-order valence-electron chi connectivity index (χ0n) is 13.2. The Hall–Kier alpha value is -2.31. The van der Waals surface area contributed by atoms with Crippen LogP contribution in [0, 0.1) is 6.92 Å². The number of aromatic nitrogens is 1. The lowest BCUT2D eigenvalue weighted by Gasteiger charge is -2.11. The summed E-state index contributed by atoms with van der Waals surface area (Å²) in [5, 5.41) is 0.514. The van der Waals surface area contributed by atoms with Crippen LogP contribution in [0.5, 0.6) is 0 Å². The number of alkyl halides is 1. The van der Waals surface area contributed by atoms with Crippen LogP contribution in [0.2, 0.25) is 0 Å². The summed E-state index contributed by atoms with van der Waals surface area (Å²) in [7, 11) is -3.82. The lowest BCUT2D eigenvalue weighted by atomic mass is 10.1. The molecule has 0 spiro atoms. The number of nitrogens with one attached hydrogen (secondary N) is 1. The number of nitrogens with zero attached hydrogens (tertiary/aromatic N) is 1. The minimum absolute atomic E-state index is 0.108. The van der Waals surface area contributed by atoms with Gasteiger partial charge in [0, 0.05) is 17.5 Å². The van der Waals surface area contributed by atoms with E-state index in [4.69, 9.17) is 0 Å². The number of rotatable bonds is 5. The van der Waals surface area contributed by atoms with Crippen LogP contribution in [0.3, 0.4) is 0 Å². The van der Waals surface area contributed by atoms with Crippen molar-refractivity contribution in [1.29, 1.82) is 0 Å². The fourth-order valence-corrected chi connectivity index (χ4v) is 3.72. The van der Waals surface area contributed by atoms with Gasteiger partial charge in [0.25, 0.3) is 0 Å². The first-order chi connectivity index (χ1) is 11.5. The first-order valence-corrected chi connectivity index (χ1v) is 9.02. The largest absolute Gasteiger partial charge is 0.250 e. The molecule has 0 unspecified atom stereocenters. The SMILES string of the molecule is Cc1ccc(-c2cc(S(=O)(=O)NCCF)c3ccccc3n2)cc1. The molecular weight excluding hydrogens is 327 g/mol. The Kier molecular flexibility index (Phi) is 4.59. The highest BCUT2D eigenvalue weighted by Crippen LogP contribution is 2.27. The molecule has 1 aromatic heterocycles. The average molecular weight is 344 g/mol. The monoisotopic (exact) mass is 344 g/mol. The van der Waals surface area contributed by atoms with E-state index >= 15 is 0 Å². The maximum atomic E-state index is 12.5. The van der Waals surface area contributed by atoms with Gasteiger partial charge < -0.3 is 0 Å². The van der Waals surface area contributed by atoms with Crippen molar-refractivity contribution in [2.75, 3.05) is 13.2 Å². The Bertz CT molecular complexity index is 970. The van der Waals surface area contributed by atoms with Crippen LogP contribution in [-0.2, 0) is 10.0 Å². The summed E-state index contributed by atoms with van der Waals surface area (Å²) in [6.45, 7) is 0.973. The lowest BCUT2D eigenvalue weighted by molar-refractivity contribution is 0.487. The van der Waals surface area contributed by atoms with Crippen LogP contribution < -0.4 is 4.72 Å². The number of para-hydroxylation sites is 1. The van der Waals surface area contributed by atoms with Crippen molar-refractivity contribution in [1.82, 2.24) is 9.71 Å². The second-order valence-corrected chi connectivity index (χ2v) is 7.21. The second-order valence-electron chi connectivity index (χ2n) is 5.48. The van der Waals surface area contributed by atoms with Crippen molar-refractivity contribution < 1.29 is 12.8 Å². The summed E-state index contributed by atoms with van der Waals surface area (Å²) in [6, 6.07) is 16.3. The zero-order valence-corrected chi connectivity index (χ0v) is 14.0. The highest BCUT2D eigenvalue weighted by atomic mass is 32.2. The van der Waals surface area contributed by atoms with Gasteiger partial charge in [0.2, 0.25) is 10.0 Å². The number of halogens is 1. The number of sulfonamides is 1. The van der Waals surface area contributed by atoms with Gasteiger partial charge in [-0.05, 0) is 19.1 Å². The molecule has 4 nitrogen and oxygen atoms in total. The van der Waals surface area contributed by atoms with Crippen LogP contribution in [0.25, 0.3) is 22.2 Å². The van der Waals surface area contributed by atoms with Gasteiger partial charge in [-0.1, -0.05) is 48.0 Å². The van der Waals surface area contributed by atoms with E-state index in [1.807, 2.05) is 31.2 Å². The molecule has 0 aliphatic heterocycles. The minimum Gasteiger partial charge on any atom is -0.250 e. The zero-order chi connectivity index (χ0) is 17.2. The standard InChI is InChI=1S/C18H17FN2O2S/c1-13-6-8-14(9-7-13)17-12-18(24(22,23)20-11-10-19)15-4-2-3-5-16(15)21-17/h2-9,12,20H,10-11H2,1H3. The predicted octanol–water partition coefficient (Wildman–Crippen LogP) is 3.46. The quantitative estimate of drug-likeness (QED) is 0.771. The van der Waals surface area contributed by atoms with Gasteiger partial charge in [-0.2, -0.15) is 0 Å². The molecule has 0 radical (unpaired) electrons. The van der Waals surface area contributed by atoms with Crippen LogP contribution in [0.4, 0.5) is 4.39 Å². The lowest BCUT2D eigenvalue weighted by Crippen LogP contribution is -2.26. The number of aryl methyl sites for hydroxylation is 1. The fourth-order valence-electron chi connectivity index (χ4n) is 2.49. The van der Waals surface area contributed by atoms with Gasteiger partial charge in [-0.25, -0.2) is 22.5 Å². The molecule has 24 heavy (non-hydrogen) atoms. The molecule has 0 aliphatic carbocycles. The van der Waals surface area contributed by atoms with E-state index in [1.54, 1.807) is 24.3 Å². The van der Waals surface area contributed by atoms with E-state index in [0.29, 0.717) is 16.6 Å². The molecule has 0 aliphatic rings. The van der Waals surface area contributed by atoms with E-state index in [-0.39, 0.29) is 11.4 Å². The van der Waals surface area contributed by atoms with Gasteiger partial charge in [0.1, 0.15) is 6.67 Å². The third-order valence-electron chi connectivity index (χ3n) is 3.70. The molecule has 1 N–H and O–H groups in total. The summed E-state index contributed by atoms with van der Waals surface area (Å²) in [5.74, 6) is 0. The highest BCUT2D eigenvalue weighted by molar-refractivity contribution is 7.89. The van der Waals surface area contributed by atoms with Crippen molar-refractivity contribution in [3.05, 3.63) is 60.2 Å². The van der Waals surface area contributed by atoms with Gasteiger partial charge >= 0.3 is 0 Å². The Morgan fingerprint density at radius 2 is 1.79 bits per heavy atom. The summed E-state index contributed by atoms with van der Waals surface area (Å²) in [4.78, 5) is 4.67. The Balaban J connectivity index is 2.22. The van der Waals surface area contributed by atoms with Crippen molar-refractivity contribution in [2.24, 2.45) is 0 Å². The molecule has 6 heteroatoms. The van der Waals surface area contributed by atoms with E-state index in [1.165, 1.54) is 6.07 Å². The first kappa shape index (κ1) is 16.5. The molecule has 124 valence electrons. The molecule has 3 rings (SSSR count). The molecule has 0 amide bonds. The molecule has 3 aromatic rings. The van der Waals surface area contributed by atoms with Crippen molar-refractivity contribution >= 4 is 20.9 Å². The first-order valence-electron chi connectivity index (χ1n) is 7.54. The summed E-state index contributed by atoms with van der Waals surface area (Å²) < 4.78 is 39.7. The van der Waals surface area contributed by atoms with Crippen LogP contribution in [0.1, 0.15) is 5.56 Å². The van der Waals surface area contributed by atoms with E-state index in [9.17, 15) is 12.8 Å². The highest BCUT2D eigenvalue weighted by Gasteiger charge is 2.19. The minimum atomic E-state index is -3.82. The summed E-state index contributed by atoms with van der Waals surface area (Å²) >= 11 is 0. The Morgan fingerprint density at radius 1 is 1.08 bits per heavy atom. The fraction of sp³-hybridized carbons (Fsp3) is 0.167. The van der Waals surface area contributed by atoms with Gasteiger partial charge in [0.05, 0.1) is 16.1 Å². The van der Waals surface area contributed by atoms with Crippen molar-refractivity contribution in [2.45, 2.75) is 11.8 Å². The second kappa shape index (κ2) is 6.67. The molecule has 1 heterocycles. The van der Waals surface area contributed by atoms with E-state index in [0.717, 1.165) is 11.1 Å². The van der Waals surface area contributed by atoms with Gasteiger partial charge in [-0.15, -0.1) is 0 Å². The normalized spacial score (nSPS) is 11.8. The van der Waals surface area contributed by atoms with Gasteiger partial charge in [-0.3, -0.25) is 0 Å². The third-order valence-corrected chi connectivity index (χ3v) is 5.20. The molecule has 0 fully saturated rings. The number of pyridine rings is 1. The van der Waals surface area contributed by atoms with Crippen molar-refractivity contribution in [3.8, 4) is 11.3 Å². The molecule has 0 saturated heterocycles. The molecule has 0 bridgehead atoms. The Labute approximate surface area is 140 Å². The predicted molar refractivity (Wildman–Crippen MR) is 93.1 cm³/mol. The number of hydrogen-bond donors (Lipinski definition) is 1. The summed E-state index contributed by atoms with van der Waals surface area (Å²) in [5.41, 5.74) is 3.08. The third kappa shape index (κ3) is 3.29. The Morgan fingerprint density at radius 3 is 2.50 bits per heavy atom. The average Bonchev–Trinajstić information content (AvgIpc) is 2.59.